The second-order valence-electron chi connectivity index (χ2n) is 6.21. The van der Waals surface area contributed by atoms with Gasteiger partial charge in [-0.25, -0.2) is 0 Å². The van der Waals surface area contributed by atoms with Gasteiger partial charge >= 0.3 is 0 Å². The topological polar surface area (TPSA) is 15.3 Å². The van der Waals surface area contributed by atoms with Gasteiger partial charge in [-0.1, -0.05) is 18.2 Å². The van der Waals surface area contributed by atoms with Gasteiger partial charge in [0, 0.05) is 42.4 Å². The van der Waals surface area contributed by atoms with Crippen LogP contribution in [0, 0.1) is 5.92 Å². The lowest BCUT2D eigenvalue weighted by Gasteiger charge is -2.35. The molecule has 2 fully saturated rings. The predicted molar refractivity (Wildman–Crippen MR) is 80.7 cm³/mol. The van der Waals surface area contributed by atoms with E-state index in [1.807, 2.05) is 0 Å². The monoisotopic (exact) mass is 274 g/mol. The number of piperazine rings is 1. The Bertz CT molecular complexity index is 433. The van der Waals surface area contributed by atoms with Crippen molar-refractivity contribution in [2.75, 3.05) is 26.2 Å². The summed E-state index contributed by atoms with van der Waals surface area (Å²) in [5.74, 6) is 0.983. The molecule has 19 heavy (non-hydrogen) atoms. The van der Waals surface area contributed by atoms with Crippen LogP contribution in [0.25, 0.3) is 0 Å². The molecule has 2 atom stereocenters. The second-order valence-corrected chi connectivity index (χ2v) is 7.55. The normalized spacial score (nSPS) is 31.4. The molecule has 1 saturated carbocycles. The van der Waals surface area contributed by atoms with Crippen LogP contribution in [-0.4, -0.2) is 42.4 Å². The van der Waals surface area contributed by atoms with Crippen LogP contribution in [0.1, 0.15) is 18.4 Å². The molecule has 2 nitrogen and oxygen atoms in total. The maximum Gasteiger partial charge on any atom is 0.0263 e. The lowest BCUT2D eigenvalue weighted by atomic mass is 10.1. The van der Waals surface area contributed by atoms with E-state index in [0.29, 0.717) is 0 Å². The number of nitrogens with zero attached hydrogens (tertiary/aromatic N) is 1. The third kappa shape index (κ3) is 2.69. The minimum absolute atomic E-state index is 0.773. The molecule has 3 heteroatoms. The zero-order chi connectivity index (χ0) is 12.7. The average molecular weight is 274 g/mol. The van der Waals surface area contributed by atoms with E-state index in [9.17, 15) is 0 Å². The number of benzene rings is 1. The summed E-state index contributed by atoms with van der Waals surface area (Å²) in [5.41, 5.74) is 1.56. The largest absolute Gasteiger partial charge is 0.311 e. The summed E-state index contributed by atoms with van der Waals surface area (Å²) >= 11 is 2.09. The first-order valence-electron chi connectivity index (χ1n) is 7.59. The van der Waals surface area contributed by atoms with Gasteiger partial charge in [0.05, 0.1) is 0 Å². The van der Waals surface area contributed by atoms with Crippen LogP contribution in [0.15, 0.2) is 29.2 Å². The molecule has 1 saturated heterocycles. The Balaban J connectivity index is 1.35. The third-order valence-corrected chi connectivity index (χ3v) is 5.96. The Labute approximate surface area is 119 Å². The zero-order valence-electron chi connectivity index (χ0n) is 11.3. The van der Waals surface area contributed by atoms with Gasteiger partial charge in [0.2, 0.25) is 0 Å². The lowest BCUT2D eigenvalue weighted by molar-refractivity contribution is 0.189. The highest BCUT2D eigenvalue weighted by Gasteiger charge is 2.35. The molecule has 2 aliphatic heterocycles. The van der Waals surface area contributed by atoms with Gasteiger partial charge in [-0.3, -0.25) is 4.90 Å². The number of hydrogen-bond donors (Lipinski definition) is 1. The third-order valence-electron chi connectivity index (χ3n) is 4.66. The first-order valence-corrected chi connectivity index (χ1v) is 8.47. The quantitative estimate of drug-likeness (QED) is 0.911. The van der Waals surface area contributed by atoms with Gasteiger partial charge in [-0.15, -0.1) is 11.8 Å². The van der Waals surface area contributed by atoms with Crippen LogP contribution in [-0.2, 0) is 6.42 Å². The summed E-state index contributed by atoms with van der Waals surface area (Å²) in [6, 6.07) is 9.71. The second kappa shape index (κ2) is 5.12. The van der Waals surface area contributed by atoms with Crippen molar-refractivity contribution in [3.8, 4) is 0 Å². The summed E-state index contributed by atoms with van der Waals surface area (Å²) in [6.45, 7) is 4.96. The molecule has 2 unspecified atom stereocenters. The molecule has 1 aromatic rings. The minimum Gasteiger partial charge on any atom is -0.311 e. The van der Waals surface area contributed by atoms with Crippen LogP contribution >= 0.6 is 11.8 Å². The fourth-order valence-electron chi connectivity index (χ4n) is 3.47. The van der Waals surface area contributed by atoms with E-state index in [2.05, 4.69) is 46.2 Å². The Morgan fingerprint density at radius 1 is 1.26 bits per heavy atom. The Hall–Kier alpha value is -0.510. The van der Waals surface area contributed by atoms with Crippen LogP contribution < -0.4 is 5.32 Å². The molecule has 0 amide bonds. The van der Waals surface area contributed by atoms with E-state index in [1.165, 1.54) is 50.3 Å². The molecule has 0 spiro atoms. The van der Waals surface area contributed by atoms with Crippen molar-refractivity contribution in [1.29, 1.82) is 0 Å². The van der Waals surface area contributed by atoms with E-state index >= 15 is 0 Å². The number of hydrogen-bond acceptors (Lipinski definition) is 3. The highest BCUT2D eigenvalue weighted by molar-refractivity contribution is 8.00. The van der Waals surface area contributed by atoms with Gasteiger partial charge in [0.1, 0.15) is 0 Å². The van der Waals surface area contributed by atoms with Gasteiger partial charge in [0.25, 0.3) is 0 Å². The summed E-state index contributed by atoms with van der Waals surface area (Å²) in [5, 5.41) is 4.48. The molecular formula is C16H22N2S. The van der Waals surface area contributed by atoms with Gasteiger partial charge < -0.3 is 5.32 Å². The SMILES string of the molecule is c1ccc2c(c1)CC(CN1CCNC(C3CC3)C1)S2. The van der Waals surface area contributed by atoms with Crippen molar-refractivity contribution >= 4 is 11.8 Å². The predicted octanol–water partition coefficient (Wildman–Crippen LogP) is 2.39. The number of rotatable bonds is 3. The highest BCUT2D eigenvalue weighted by Crippen LogP contribution is 2.38. The maximum absolute atomic E-state index is 3.70. The fourth-order valence-corrected chi connectivity index (χ4v) is 4.83. The summed E-state index contributed by atoms with van der Waals surface area (Å²) in [4.78, 5) is 4.21. The summed E-state index contributed by atoms with van der Waals surface area (Å²) in [7, 11) is 0. The molecule has 102 valence electrons. The highest BCUT2D eigenvalue weighted by atomic mass is 32.2. The van der Waals surface area contributed by atoms with Crippen molar-refractivity contribution in [2.45, 2.75) is 35.4 Å². The van der Waals surface area contributed by atoms with Crippen molar-refractivity contribution in [1.82, 2.24) is 10.2 Å². The summed E-state index contributed by atoms with van der Waals surface area (Å²) < 4.78 is 0. The first-order chi connectivity index (χ1) is 9.38. The van der Waals surface area contributed by atoms with Crippen molar-refractivity contribution in [3.05, 3.63) is 29.8 Å². The number of nitrogens with one attached hydrogen (secondary N) is 1. The van der Waals surface area contributed by atoms with Gasteiger partial charge in [-0.05, 0) is 36.8 Å². The van der Waals surface area contributed by atoms with E-state index in [4.69, 9.17) is 0 Å². The molecule has 0 aromatic heterocycles. The lowest BCUT2D eigenvalue weighted by Crippen LogP contribution is -2.52. The Kier molecular flexibility index (Phi) is 3.30. The first kappa shape index (κ1) is 12.2. The van der Waals surface area contributed by atoms with E-state index in [1.54, 1.807) is 5.56 Å². The van der Waals surface area contributed by atoms with Crippen LogP contribution in [0.4, 0.5) is 0 Å². The maximum atomic E-state index is 3.70. The molecule has 1 N–H and O–H groups in total. The zero-order valence-corrected chi connectivity index (χ0v) is 12.2. The Morgan fingerprint density at radius 3 is 3.00 bits per heavy atom. The molecule has 1 aromatic carbocycles. The molecule has 1 aliphatic carbocycles. The standard InChI is InChI=1S/C16H22N2S/c1-2-4-16-13(3-1)9-14(19-16)10-18-8-7-17-15(11-18)12-5-6-12/h1-4,12,14-15,17H,5-11H2. The van der Waals surface area contributed by atoms with Crippen molar-refractivity contribution in [3.63, 3.8) is 0 Å². The van der Waals surface area contributed by atoms with E-state index in [-0.39, 0.29) is 0 Å². The van der Waals surface area contributed by atoms with Crippen LogP contribution in [0.5, 0.6) is 0 Å². The van der Waals surface area contributed by atoms with Crippen LogP contribution in [0.2, 0.25) is 0 Å². The molecule has 3 aliphatic rings. The van der Waals surface area contributed by atoms with Gasteiger partial charge in [0.15, 0.2) is 0 Å². The molecule has 2 heterocycles. The molecular weight excluding hydrogens is 252 g/mol. The fraction of sp³-hybridized carbons (Fsp3) is 0.625. The van der Waals surface area contributed by atoms with Gasteiger partial charge in [-0.2, -0.15) is 0 Å². The Morgan fingerprint density at radius 2 is 2.16 bits per heavy atom. The average Bonchev–Trinajstić information content (AvgIpc) is 3.20. The molecule has 4 rings (SSSR count). The van der Waals surface area contributed by atoms with Crippen molar-refractivity contribution < 1.29 is 0 Å². The summed E-state index contributed by atoms with van der Waals surface area (Å²) in [6.07, 6.45) is 4.17. The smallest absolute Gasteiger partial charge is 0.0263 e. The molecule has 0 bridgehead atoms. The molecule has 0 radical (unpaired) electrons. The number of thioether (sulfide) groups is 1. The van der Waals surface area contributed by atoms with E-state index < -0.39 is 0 Å². The minimum atomic E-state index is 0.773. The van der Waals surface area contributed by atoms with Crippen LogP contribution in [0.3, 0.4) is 0 Å². The number of fused-ring (bicyclic) bond motifs is 1. The van der Waals surface area contributed by atoms with E-state index in [0.717, 1.165) is 17.2 Å². The van der Waals surface area contributed by atoms with Crippen molar-refractivity contribution in [2.24, 2.45) is 5.92 Å².